The predicted octanol–water partition coefficient (Wildman–Crippen LogP) is 0.742. The van der Waals surface area contributed by atoms with Crippen LogP contribution in [0.3, 0.4) is 0 Å². The Hall–Kier alpha value is -1.29. The highest BCUT2D eigenvalue weighted by Gasteiger charge is 2.00. The van der Waals surface area contributed by atoms with Crippen LogP contribution in [0.4, 0.5) is 11.5 Å². The van der Waals surface area contributed by atoms with Crippen molar-refractivity contribution >= 4 is 11.5 Å². The van der Waals surface area contributed by atoms with E-state index in [1.165, 1.54) is 0 Å². The third-order valence-electron chi connectivity index (χ3n) is 1.71. The van der Waals surface area contributed by atoms with Crippen LogP contribution in [0.25, 0.3) is 0 Å². The molecule has 0 atom stereocenters. The van der Waals surface area contributed by atoms with Gasteiger partial charge in [-0.25, -0.2) is 4.98 Å². The molecule has 0 aromatic carbocycles. The number of aromatic nitrogens is 1. The van der Waals surface area contributed by atoms with Gasteiger partial charge in [0, 0.05) is 14.1 Å². The van der Waals surface area contributed by atoms with Crippen molar-refractivity contribution in [1.82, 2.24) is 4.98 Å². The lowest BCUT2D eigenvalue weighted by molar-refractivity contribution is 1.06. The number of pyridine rings is 1. The number of rotatable bonds is 2. The second-order valence-electron chi connectivity index (χ2n) is 2.90. The Morgan fingerprint density at radius 1 is 1.50 bits per heavy atom. The summed E-state index contributed by atoms with van der Waals surface area (Å²) in [6, 6.07) is 1.98. The van der Waals surface area contributed by atoms with Gasteiger partial charge in [0.05, 0.1) is 11.9 Å². The zero-order valence-corrected chi connectivity index (χ0v) is 7.63. The third kappa shape index (κ3) is 1.65. The van der Waals surface area contributed by atoms with Gasteiger partial charge in [0.1, 0.15) is 5.82 Å². The lowest BCUT2D eigenvalue weighted by Crippen LogP contribution is -2.13. The van der Waals surface area contributed by atoms with E-state index in [0.29, 0.717) is 0 Å². The molecule has 0 fully saturated rings. The molecule has 1 aromatic rings. The van der Waals surface area contributed by atoms with E-state index in [1.54, 1.807) is 6.20 Å². The summed E-state index contributed by atoms with van der Waals surface area (Å²) < 4.78 is 0. The first-order valence-electron chi connectivity index (χ1n) is 3.75. The van der Waals surface area contributed by atoms with Gasteiger partial charge < -0.3 is 10.3 Å². The van der Waals surface area contributed by atoms with Crippen molar-refractivity contribution in [3.05, 3.63) is 17.8 Å². The molecule has 12 heavy (non-hydrogen) atoms. The maximum absolute atomic E-state index is 5.27. The van der Waals surface area contributed by atoms with Gasteiger partial charge in [-0.05, 0) is 18.6 Å². The zero-order chi connectivity index (χ0) is 9.14. The average Bonchev–Trinajstić information content (AvgIpc) is 2.04. The summed E-state index contributed by atoms with van der Waals surface area (Å²) in [5.41, 5.74) is 4.54. The third-order valence-corrected chi connectivity index (χ3v) is 1.71. The summed E-state index contributed by atoms with van der Waals surface area (Å²) in [7, 11) is 3.91. The quantitative estimate of drug-likeness (QED) is 0.502. The van der Waals surface area contributed by atoms with Gasteiger partial charge in [0.2, 0.25) is 0 Å². The molecule has 0 amide bonds. The molecule has 0 aliphatic heterocycles. The van der Waals surface area contributed by atoms with Gasteiger partial charge >= 0.3 is 0 Å². The Balaban J connectivity index is 3.02. The Labute approximate surface area is 72.4 Å². The first-order valence-corrected chi connectivity index (χ1v) is 3.75. The highest BCUT2D eigenvalue weighted by molar-refractivity contribution is 5.53. The number of nitrogens with two attached hydrogens (primary N) is 1. The summed E-state index contributed by atoms with van der Waals surface area (Å²) in [4.78, 5) is 6.14. The molecule has 1 heterocycles. The fraction of sp³-hybridized carbons (Fsp3) is 0.375. The Morgan fingerprint density at radius 2 is 2.17 bits per heavy atom. The van der Waals surface area contributed by atoms with Gasteiger partial charge in [0.25, 0.3) is 0 Å². The molecule has 4 heteroatoms. The lowest BCUT2D eigenvalue weighted by Gasteiger charge is -2.13. The molecule has 1 aromatic heterocycles. The normalized spacial score (nSPS) is 9.67. The van der Waals surface area contributed by atoms with Gasteiger partial charge in [0.15, 0.2) is 0 Å². The molecule has 4 nitrogen and oxygen atoms in total. The number of hydrogen-bond acceptors (Lipinski definition) is 4. The summed E-state index contributed by atoms with van der Waals surface area (Å²) in [6.45, 7) is 1.99. The molecule has 3 N–H and O–H groups in total. The van der Waals surface area contributed by atoms with Crippen LogP contribution in [0.1, 0.15) is 5.56 Å². The molecule has 0 saturated carbocycles. The van der Waals surface area contributed by atoms with Crippen molar-refractivity contribution in [2.75, 3.05) is 24.4 Å². The smallest absolute Gasteiger partial charge is 0.128 e. The topological polar surface area (TPSA) is 54.2 Å². The second-order valence-corrected chi connectivity index (χ2v) is 2.90. The van der Waals surface area contributed by atoms with E-state index in [4.69, 9.17) is 5.84 Å². The standard InChI is InChI=1S/C8H14N4/c1-6-4-8(12(2)3)10-5-7(6)11-9/h4-5,11H,9H2,1-3H3. The van der Waals surface area contributed by atoms with Crippen molar-refractivity contribution in [2.45, 2.75) is 6.92 Å². The van der Waals surface area contributed by atoms with Gasteiger partial charge in [-0.3, -0.25) is 5.84 Å². The van der Waals surface area contributed by atoms with Crippen molar-refractivity contribution in [2.24, 2.45) is 5.84 Å². The maximum Gasteiger partial charge on any atom is 0.128 e. The van der Waals surface area contributed by atoms with E-state index in [9.17, 15) is 0 Å². The number of hydrogen-bond donors (Lipinski definition) is 2. The molecular weight excluding hydrogens is 152 g/mol. The number of nitrogen functional groups attached to an aromatic ring is 1. The minimum atomic E-state index is 0.862. The Kier molecular flexibility index (Phi) is 2.50. The molecule has 0 spiro atoms. The van der Waals surface area contributed by atoms with Crippen LogP contribution >= 0.6 is 0 Å². The second kappa shape index (κ2) is 3.40. The minimum absolute atomic E-state index is 0.862. The molecule has 1 rings (SSSR count). The van der Waals surface area contributed by atoms with Crippen LogP contribution in [-0.2, 0) is 0 Å². The lowest BCUT2D eigenvalue weighted by atomic mass is 10.2. The number of nitrogens with one attached hydrogen (secondary N) is 1. The highest BCUT2D eigenvalue weighted by Crippen LogP contribution is 2.16. The summed E-state index contributed by atoms with van der Waals surface area (Å²) >= 11 is 0. The van der Waals surface area contributed by atoms with E-state index in [2.05, 4.69) is 10.4 Å². The van der Waals surface area contributed by atoms with Crippen LogP contribution in [0.5, 0.6) is 0 Å². The van der Waals surface area contributed by atoms with Gasteiger partial charge in [-0.1, -0.05) is 0 Å². The molecule has 0 unspecified atom stereocenters. The van der Waals surface area contributed by atoms with E-state index in [-0.39, 0.29) is 0 Å². The number of anilines is 2. The minimum Gasteiger partial charge on any atom is -0.363 e. The maximum atomic E-state index is 5.27. The van der Waals surface area contributed by atoms with Gasteiger partial charge in [-0.2, -0.15) is 0 Å². The Morgan fingerprint density at radius 3 is 2.58 bits per heavy atom. The highest BCUT2D eigenvalue weighted by atomic mass is 15.2. The fourth-order valence-electron chi connectivity index (χ4n) is 0.937. The Bertz CT molecular complexity index is 270. The first-order chi connectivity index (χ1) is 5.65. The summed E-state index contributed by atoms with van der Waals surface area (Å²) in [5, 5.41) is 0. The van der Waals surface area contributed by atoms with E-state index < -0.39 is 0 Å². The molecule has 0 aliphatic rings. The predicted molar refractivity (Wildman–Crippen MR) is 51.1 cm³/mol. The van der Waals surface area contributed by atoms with E-state index in [1.807, 2.05) is 32.0 Å². The fourth-order valence-corrected chi connectivity index (χ4v) is 0.937. The monoisotopic (exact) mass is 166 g/mol. The molecule has 66 valence electrons. The van der Waals surface area contributed by atoms with Crippen LogP contribution in [0.2, 0.25) is 0 Å². The molecule has 0 aliphatic carbocycles. The number of nitrogens with zero attached hydrogens (tertiary/aromatic N) is 2. The molecule has 0 radical (unpaired) electrons. The molecule has 0 bridgehead atoms. The van der Waals surface area contributed by atoms with Crippen molar-refractivity contribution in [1.29, 1.82) is 0 Å². The SMILES string of the molecule is Cc1cc(N(C)C)ncc1NN. The first kappa shape index (κ1) is 8.80. The zero-order valence-electron chi connectivity index (χ0n) is 7.63. The largest absolute Gasteiger partial charge is 0.363 e. The average molecular weight is 166 g/mol. The van der Waals surface area contributed by atoms with Gasteiger partial charge in [-0.15, -0.1) is 0 Å². The number of hydrazine groups is 1. The molecule has 0 saturated heterocycles. The van der Waals surface area contributed by atoms with Crippen LogP contribution in [0.15, 0.2) is 12.3 Å². The summed E-state index contributed by atoms with van der Waals surface area (Å²) in [5.74, 6) is 6.21. The van der Waals surface area contributed by atoms with Crippen LogP contribution in [0, 0.1) is 6.92 Å². The van der Waals surface area contributed by atoms with Crippen LogP contribution in [-0.4, -0.2) is 19.1 Å². The molecular formula is C8H14N4. The van der Waals surface area contributed by atoms with Crippen molar-refractivity contribution < 1.29 is 0 Å². The van der Waals surface area contributed by atoms with Crippen molar-refractivity contribution in [3.63, 3.8) is 0 Å². The summed E-state index contributed by atoms with van der Waals surface area (Å²) in [6.07, 6.45) is 1.73. The van der Waals surface area contributed by atoms with Crippen LogP contribution < -0.4 is 16.2 Å². The van der Waals surface area contributed by atoms with E-state index in [0.717, 1.165) is 17.1 Å². The van der Waals surface area contributed by atoms with E-state index >= 15 is 0 Å². The number of aryl methyl sites for hydroxylation is 1. The van der Waals surface area contributed by atoms with Crippen molar-refractivity contribution in [3.8, 4) is 0 Å².